The first kappa shape index (κ1) is 24.9. The van der Waals surface area contributed by atoms with E-state index in [0.29, 0.717) is 26.1 Å². The van der Waals surface area contributed by atoms with Gasteiger partial charge in [0.1, 0.15) is 12.0 Å². The Labute approximate surface area is 201 Å². The molecule has 1 aliphatic carbocycles. The van der Waals surface area contributed by atoms with Gasteiger partial charge in [-0.05, 0) is 68.9 Å². The molecule has 0 amide bonds. The number of aryl methyl sites for hydroxylation is 1. The molecule has 0 radical (unpaired) electrons. The van der Waals surface area contributed by atoms with Crippen LogP contribution in [0.25, 0.3) is 0 Å². The topological polar surface area (TPSA) is 74.2 Å². The lowest BCUT2D eigenvalue weighted by molar-refractivity contribution is -0.201. The molecule has 3 heterocycles. The van der Waals surface area contributed by atoms with Crippen LogP contribution in [0.5, 0.6) is 0 Å². The molecule has 2 unspecified atom stereocenters. The van der Waals surface area contributed by atoms with Gasteiger partial charge in [0.05, 0.1) is 18.8 Å². The maximum atomic E-state index is 11.5. The van der Waals surface area contributed by atoms with Gasteiger partial charge in [0, 0.05) is 42.6 Å². The van der Waals surface area contributed by atoms with Gasteiger partial charge in [-0.1, -0.05) is 6.07 Å². The maximum absolute atomic E-state index is 11.5. The Morgan fingerprint density at radius 3 is 2.61 bits per heavy atom. The highest BCUT2D eigenvalue weighted by molar-refractivity contribution is 7.09. The Kier molecular flexibility index (Phi) is 9.80. The fourth-order valence-electron chi connectivity index (χ4n) is 5.23. The van der Waals surface area contributed by atoms with Crippen LogP contribution in [-0.2, 0) is 30.2 Å². The molecule has 184 valence electrons. The summed E-state index contributed by atoms with van der Waals surface area (Å²) in [6, 6.07) is 4.26. The Balaban J connectivity index is 1.50. The number of carbonyl (C=O) groups excluding carboxylic acids is 1. The summed E-state index contributed by atoms with van der Waals surface area (Å²) in [5, 5.41) is 13.0. The number of aliphatic hydroxyl groups is 1. The smallest absolute Gasteiger partial charge is 0.199 e. The monoisotopic (exact) mass is 478 g/mol. The van der Waals surface area contributed by atoms with E-state index >= 15 is 0 Å². The number of unbranched alkanes of at least 4 members (excludes halogenated alkanes) is 1. The largest absolute Gasteiger partial charge is 0.469 e. The molecular weight excluding hydrogens is 440 g/mol. The highest BCUT2D eigenvalue weighted by Gasteiger charge is 2.47. The number of aldehydes is 1. The van der Waals surface area contributed by atoms with E-state index < -0.39 is 6.10 Å². The fraction of sp³-hybridized carbons (Fsp3) is 0.731. The standard InChI is InChI=1S/C26H38O6S/c27-14-13-20-21(28)18-23(32-25-12-4-6-16-30-25)26(20)22(31-24-11-3-5-15-29-24)10-2-1-8-19-9-7-17-33-19/h7,9-10,14,17,20-21,23-26,28H,1-6,8,11-13,15-16,18H2/t20-,21-,23+,24?,25?,26-/m1/s1. The van der Waals surface area contributed by atoms with Crippen LogP contribution in [0.2, 0.25) is 0 Å². The zero-order chi connectivity index (χ0) is 22.9. The van der Waals surface area contributed by atoms with Crippen molar-refractivity contribution in [3.05, 3.63) is 34.2 Å². The number of thiophene rings is 1. The van der Waals surface area contributed by atoms with Crippen molar-refractivity contribution in [2.45, 2.75) is 95.4 Å². The van der Waals surface area contributed by atoms with E-state index in [-0.39, 0.29) is 30.5 Å². The van der Waals surface area contributed by atoms with Crippen molar-refractivity contribution < 1.29 is 28.8 Å². The number of rotatable bonds is 11. The molecule has 0 spiro atoms. The lowest BCUT2D eigenvalue weighted by Gasteiger charge is -2.33. The van der Waals surface area contributed by atoms with Crippen LogP contribution >= 0.6 is 11.3 Å². The van der Waals surface area contributed by atoms with Gasteiger partial charge in [0.25, 0.3) is 0 Å². The molecule has 4 rings (SSSR count). The molecular formula is C26H38O6S. The Bertz CT molecular complexity index is 723. The van der Waals surface area contributed by atoms with Crippen LogP contribution in [0.4, 0.5) is 0 Å². The van der Waals surface area contributed by atoms with Gasteiger partial charge in [-0.2, -0.15) is 0 Å². The van der Waals surface area contributed by atoms with Crippen LogP contribution < -0.4 is 0 Å². The summed E-state index contributed by atoms with van der Waals surface area (Å²) < 4.78 is 24.6. The van der Waals surface area contributed by atoms with Crippen LogP contribution in [0.15, 0.2) is 29.3 Å². The zero-order valence-corrected chi connectivity index (χ0v) is 20.3. The normalized spacial score (nSPS) is 33.2. The van der Waals surface area contributed by atoms with E-state index in [1.807, 2.05) is 0 Å². The molecule has 1 aromatic rings. The average Bonchev–Trinajstić information content (AvgIpc) is 3.46. The summed E-state index contributed by atoms with van der Waals surface area (Å²) in [6.45, 7) is 1.41. The maximum Gasteiger partial charge on any atom is 0.199 e. The Hall–Kier alpha value is -1.25. The third-order valence-electron chi connectivity index (χ3n) is 6.95. The van der Waals surface area contributed by atoms with Crippen molar-refractivity contribution in [2.75, 3.05) is 13.2 Å². The lowest BCUT2D eigenvalue weighted by atomic mass is 9.88. The van der Waals surface area contributed by atoms with Crippen molar-refractivity contribution >= 4 is 17.6 Å². The average molecular weight is 479 g/mol. The second-order valence-electron chi connectivity index (χ2n) is 9.36. The van der Waals surface area contributed by atoms with E-state index in [1.54, 1.807) is 11.3 Å². The van der Waals surface area contributed by atoms with Crippen molar-refractivity contribution in [3.8, 4) is 0 Å². The highest BCUT2D eigenvalue weighted by atomic mass is 32.1. The van der Waals surface area contributed by atoms with Crippen LogP contribution in [0.3, 0.4) is 0 Å². The van der Waals surface area contributed by atoms with Crippen molar-refractivity contribution in [2.24, 2.45) is 11.8 Å². The molecule has 0 bridgehead atoms. The van der Waals surface area contributed by atoms with Crippen molar-refractivity contribution in [1.82, 2.24) is 0 Å². The van der Waals surface area contributed by atoms with Crippen molar-refractivity contribution in [1.29, 1.82) is 0 Å². The van der Waals surface area contributed by atoms with Gasteiger partial charge in [-0.3, -0.25) is 0 Å². The summed E-state index contributed by atoms with van der Waals surface area (Å²) in [7, 11) is 0. The second-order valence-corrected chi connectivity index (χ2v) is 10.4. The van der Waals surface area contributed by atoms with Crippen LogP contribution in [-0.4, -0.2) is 49.4 Å². The number of allylic oxidation sites excluding steroid dienone is 1. The number of aliphatic hydroxyl groups excluding tert-OH is 1. The van der Waals surface area contributed by atoms with E-state index in [0.717, 1.165) is 69.8 Å². The SMILES string of the molecule is O=CC[C@H]1[C@H](C(=CCCCc2cccs2)OC2CCCCO2)[C@@H](OC2CCCCO2)C[C@H]1O. The molecule has 3 fully saturated rings. The summed E-state index contributed by atoms with van der Waals surface area (Å²) in [5.41, 5.74) is 0. The minimum absolute atomic E-state index is 0.178. The third kappa shape index (κ3) is 7.12. The number of ether oxygens (including phenoxy) is 4. The van der Waals surface area contributed by atoms with Gasteiger partial charge in [0.15, 0.2) is 12.6 Å². The van der Waals surface area contributed by atoms with Gasteiger partial charge >= 0.3 is 0 Å². The predicted molar refractivity (Wildman–Crippen MR) is 127 cm³/mol. The first-order valence-corrected chi connectivity index (χ1v) is 13.5. The van der Waals surface area contributed by atoms with Gasteiger partial charge in [-0.15, -0.1) is 11.3 Å². The summed E-state index contributed by atoms with van der Waals surface area (Å²) in [4.78, 5) is 12.9. The van der Waals surface area contributed by atoms with Crippen LogP contribution in [0.1, 0.15) is 69.1 Å². The summed E-state index contributed by atoms with van der Waals surface area (Å²) in [5.74, 6) is 0.420. The molecule has 7 heteroatoms. The molecule has 2 aliphatic heterocycles. The first-order chi connectivity index (χ1) is 16.2. The third-order valence-corrected chi connectivity index (χ3v) is 7.89. The van der Waals surface area contributed by atoms with E-state index in [1.165, 1.54) is 4.88 Å². The quantitative estimate of drug-likeness (QED) is 0.274. The molecule has 3 aliphatic rings. The minimum atomic E-state index is -0.598. The highest BCUT2D eigenvalue weighted by Crippen LogP contribution is 2.43. The fourth-order valence-corrected chi connectivity index (χ4v) is 5.98. The molecule has 2 saturated heterocycles. The van der Waals surface area contributed by atoms with E-state index in [9.17, 15) is 9.90 Å². The van der Waals surface area contributed by atoms with Crippen molar-refractivity contribution in [3.63, 3.8) is 0 Å². The minimum Gasteiger partial charge on any atom is -0.469 e. The van der Waals surface area contributed by atoms with Gasteiger partial charge in [0.2, 0.25) is 0 Å². The van der Waals surface area contributed by atoms with Crippen LogP contribution in [0, 0.1) is 11.8 Å². The number of carbonyl (C=O) groups is 1. The second kappa shape index (κ2) is 13.0. The molecule has 1 aromatic heterocycles. The zero-order valence-electron chi connectivity index (χ0n) is 19.4. The number of hydrogen-bond donors (Lipinski definition) is 1. The van der Waals surface area contributed by atoms with E-state index in [4.69, 9.17) is 18.9 Å². The van der Waals surface area contributed by atoms with Gasteiger partial charge < -0.3 is 28.8 Å². The van der Waals surface area contributed by atoms with Gasteiger partial charge in [-0.25, -0.2) is 0 Å². The number of hydrogen-bond acceptors (Lipinski definition) is 7. The lowest BCUT2D eigenvalue weighted by Crippen LogP contribution is -2.34. The van der Waals surface area contributed by atoms with E-state index in [2.05, 4.69) is 23.6 Å². The molecule has 6 atom stereocenters. The summed E-state index contributed by atoms with van der Waals surface area (Å²) >= 11 is 1.78. The molecule has 1 saturated carbocycles. The molecule has 1 N–H and O–H groups in total. The first-order valence-electron chi connectivity index (χ1n) is 12.6. The Morgan fingerprint density at radius 1 is 1.15 bits per heavy atom. The predicted octanol–water partition coefficient (Wildman–Crippen LogP) is 5.00. The molecule has 33 heavy (non-hydrogen) atoms. The molecule has 0 aromatic carbocycles. The summed E-state index contributed by atoms with van der Waals surface area (Å²) in [6.07, 6.45) is 11.4. The Morgan fingerprint density at radius 2 is 1.94 bits per heavy atom. The molecule has 6 nitrogen and oxygen atoms in total.